The Morgan fingerprint density at radius 1 is 1.33 bits per heavy atom. The number of carboxylic acids is 1. The Labute approximate surface area is 104 Å². The summed E-state index contributed by atoms with van der Waals surface area (Å²) in [6, 6.07) is 6.90. The summed E-state index contributed by atoms with van der Waals surface area (Å²) < 4.78 is 0. The SMILES string of the molecule is [NH3+][C@@H](CCC(=O)[O-])C(=O)c1c[nH]c2ccccc12. The summed E-state index contributed by atoms with van der Waals surface area (Å²) in [5.41, 5.74) is 5.16. The number of para-hydroxylation sites is 1. The molecule has 0 saturated carbocycles. The van der Waals surface area contributed by atoms with Crippen molar-refractivity contribution in [3.63, 3.8) is 0 Å². The zero-order valence-electron chi connectivity index (χ0n) is 9.81. The Kier molecular flexibility index (Phi) is 3.43. The highest BCUT2D eigenvalue weighted by Gasteiger charge is 2.21. The lowest BCUT2D eigenvalue weighted by Gasteiger charge is -2.07. The van der Waals surface area contributed by atoms with Crippen molar-refractivity contribution in [3.05, 3.63) is 36.0 Å². The van der Waals surface area contributed by atoms with Gasteiger partial charge in [0, 0.05) is 35.1 Å². The van der Waals surface area contributed by atoms with Crippen LogP contribution in [-0.4, -0.2) is 22.8 Å². The van der Waals surface area contributed by atoms with Crippen LogP contribution in [0.1, 0.15) is 23.2 Å². The number of carbonyl (C=O) groups is 2. The summed E-state index contributed by atoms with van der Waals surface area (Å²) in [6.07, 6.45) is 1.69. The van der Waals surface area contributed by atoms with Gasteiger partial charge in [-0.25, -0.2) is 0 Å². The van der Waals surface area contributed by atoms with Crippen molar-refractivity contribution >= 4 is 22.7 Å². The highest BCUT2D eigenvalue weighted by atomic mass is 16.4. The number of hydrogen-bond acceptors (Lipinski definition) is 3. The zero-order chi connectivity index (χ0) is 13.1. The van der Waals surface area contributed by atoms with Gasteiger partial charge in [0.25, 0.3) is 0 Å². The summed E-state index contributed by atoms with van der Waals surface area (Å²) in [6.45, 7) is 0. The van der Waals surface area contributed by atoms with Gasteiger partial charge < -0.3 is 20.6 Å². The molecule has 1 aromatic carbocycles. The highest BCUT2D eigenvalue weighted by Crippen LogP contribution is 2.19. The Bertz CT molecular complexity index is 589. The van der Waals surface area contributed by atoms with Crippen molar-refractivity contribution in [1.82, 2.24) is 4.98 Å². The van der Waals surface area contributed by atoms with Gasteiger partial charge in [0.2, 0.25) is 5.78 Å². The lowest BCUT2D eigenvalue weighted by atomic mass is 10.0. The molecule has 5 nitrogen and oxygen atoms in total. The third-order valence-electron chi connectivity index (χ3n) is 2.92. The number of aromatic nitrogens is 1. The van der Waals surface area contributed by atoms with E-state index in [1.54, 1.807) is 6.20 Å². The van der Waals surface area contributed by atoms with Gasteiger partial charge in [0.1, 0.15) is 6.04 Å². The topological polar surface area (TPSA) is 101 Å². The number of carbonyl (C=O) groups excluding carboxylic acids is 2. The Morgan fingerprint density at radius 2 is 2.06 bits per heavy atom. The van der Waals surface area contributed by atoms with Gasteiger partial charge in [-0.1, -0.05) is 18.2 Å². The monoisotopic (exact) mass is 246 g/mol. The predicted molar refractivity (Wildman–Crippen MR) is 63.5 cm³/mol. The molecule has 1 atom stereocenters. The molecule has 0 unspecified atom stereocenters. The van der Waals surface area contributed by atoms with Gasteiger partial charge in [-0.3, -0.25) is 4.79 Å². The van der Waals surface area contributed by atoms with E-state index in [1.807, 2.05) is 24.3 Å². The van der Waals surface area contributed by atoms with Crippen LogP contribution in [0.4, 0.5) is 0 Å². The number of nitrogens with one attached hydrogen (secondary N) is 1. The van der Waals surface area contributed by atoms with Gasteiger partial charge in [-0.05, 0) is 12.5 Å². The van der Waals surface area contributed by atoms with Crippen LogP contribution in [0.25, 0.3) is 10.9 Å². The summed E-state index contributed by atoms with van der Waals surface area (Å²) in [4.78, 5) is 25.5. The number of aromatic amines is 1. The molecule has 18 heavy (non-hydrogen) atoms. The first-order valence-electron chi connectivity index (χ1n) is 5.73. The lowest BCUT2D eigenvalue weighted by Crippen LogP contribution is -2.65. The summed E-state index contributed by atoms with van der Waals surface area (Å²) >= 11 is 0. The Morgan fingerprint density at radius 3 is 2.78 bits per heavy atom. The van der Waals surface area contributed by atoms with Crippen LogP contribution in [0, 0.1) is 0 Å². The molecule has 2 aromatic rings. The summed E-state index contributed by atoms with van der Waals surface area (Å²) in [5.74, 6) is -1.30. The molecule has 0 amide bonds. The third-order valence-corrected chi connectivity index (χ3v) is 2.92. The van der Waals surface area contributed by atoms with E-state index in [0.29, 0.717) is 5.56 Å². The van der Waals surface area contributed by atoms with Gasteiger partial charge >= 0.3 is 0 Å². The van der Waals surface area contributed by atoms with Crippen molar-refractivity contribution in [3.8, 4) is 0 Å². The van der Waals surface area contributed by atoms with Crippen LogP contribution in [0.2, 0.25) is 0 Å². The van der Waals surface area contributed by atoms with E-state index in [-0.39, 0.29) is 18.6 Å². The fourth-order valence-corrected chi connectivity index (χ4v) is 1.92. The molecule has 0 bridgehead atoms. The van der Waals surface area contributed by atoms with Crippen molar-refractivity contribution in [2.45, 2.75) is 18.9 Å². The summed E-state index contributed by atoms with van der Waals surface area (Å²) in [5, 5.41) is 11.2. The average molecular weight is 246 g/mol. The average Bonchev–Trinajstić information content (AvgIpc) is 2.78. The van der Waals surface area contributed by atoms with Crippen molar-refractivity contribution in [2.75, 3.05) is 0 Å². The fraction of sp³-hybridized carbons (Fsp3) is 0.231. The molecule has 94 valence electrons. The molecule has 0 radical (unpaired) electrons. The predicted octanol–water partition coefficient (Wildman–Crippen LogP) is -0.509. The number of ketones is 1. The van der Waals surface area contributed by atoms with Crippen LogP contribution in [0.15, 0.2) is 30.5 Å². The smallest absolute Gasteiger partial charge is 0.221 e. The molecule has 1 aromatic heterocycles. The molecule has 0 saturated heterocycles. The molecular weight excluding hydrogens is 232 g/mol. The minimum atomic E-state index is -1.16. The van der Waals surface area contributed by atoms with E-state index in [4.69, 9.17) is 0 Å². The van der Waals surface area contributed by atoms with Crippen molar-refractivity contribution in [1.29, 1.82) is 0 Å². The first kappa shape index (κ1) is 12.3. The van der Waals surface area contributed by atoms with E-state index < -0.39 is 12.0 Å². The van der Waals surface area contributed by atoms with Gasteiger partial charge in [0.15, 0.2) is 0 Å². The highest BCUT2D eigenvalue weighted by molar-refractivity contribution is 6.09. The van der Waals surface area contributed by atoms with E-state index in [9.17, 15) is 14.7 Å². The first-order chi connectivity index (χ1) is 8.59. The quantitative estimate of drug-likeness (QED) is 0.695. The van der Waals surface area contributed by atoms with E-state index in [2.05, 4.69) is 10.7 Å². The number of fused-ring (bicyclic) bond motifs is 1. The van der Waals surface area contributed by atoms with E-state index in [0.717, 1.165) is 10.9 Å². The van der Waals surface area contributed by atoms with Crippen LogP contribution in [-0.2, 0) is 4.79 Å². The lowest BCUT2D eigenvalue weighted by molar-refractivity contribution is -0.401. The maximum Gasteiger partial charge on any atom is 0.221 e. The largest absolute Gasteiger partial charge is 0.550 e. The van der Waals surface area contributed by atoms with Gasteiger partial charge in [-0.15, -0.1) is 0 Å². The van der Waals surface area contributed by atoms with Crippen molar-refractivity contribution in [2.24, 2.45) is 0 Å². The third kappa shape index (κ3) is 2.41. The number of aliphatic carboxylic acids is 1. The summed E-state index contributed by atoms with van der Waals surface area (Å²) in [7, 11) is 0. The second kappa shape index (κ2) is 5.01. The molecular formula is C13H14N2O3. The molecule has 4 N–H and O–H groups in total. The normalized spacial score (nSPS) is 12.5. The number of rotatable bonds is 5. The molecule has 5 heteroatoms. The zero-order valence-corrected chi connectivity index (χ0v) is 9.81. The number of hydrogen-bond donors (Lipinski definition) is 2. The Balaban J connectivity index is 2.20. The first-order valence-corrected chi connectivity index (χ1v) is 5.73. The van der Waals surface area contributed by atoms with Gasteiger partial charge in [-0.2, -0.15) is 0 Å². The molecule has 2 rings (SSSR count). The minimum Gasteiger partial charge on any atom is -0.550 e. The van der Waals surface area contributed by atoms with Crippen LogP contribution >= 0.6 is 0 Å². The van der Waals surface area contributed by atoms with Crippen LogP contribution < -0.4 is 10.8 Å². The Hall–Kier alpha value is -2.14. The number of Topliss-reactive ketones (excluding diaryl/α,β-unsaturated/α-hetero) is 1. The van der Waals surface area contributed by atoms with Crippen LogP contribution in [0.3, 0.4) is 0 Å². The van der Waals surface area contributed by atoms with E-state index >= 15 is 0 Å². The maximum atomic E-state index is 12.1. The number of H-pyrrole nitrogens is 1. The molecule has 0 fully saturated rings. The van der Waals surface area contributed by atoms with Crippen LogP contribution in [0.5, 0.6) is 0 Å². The van der Waals surface area contributed by atoms with Gasteiger partial charge in [0.05, 0.1) is 0 Å². The molecule has 1 heterocycles. The van der Waals surface area contributed by atoms with E-state index in [1.165, 1.54) is 0 Å². The molecule has 0 spiro atoms. The number of quaternary nitrogens is 1. The molecule has 0 aliphatic heterocycles. The standard InChI is InChI=1S/C13H14N2O3/c14-10(5-6-12(16)17)13(18)9-7-15-11-4-2-1-3-8(9)11/h1-4,7,10,15H,5-6,14H2,(H,16,17)/t10-/m0/s1. The second-order valence-corrected chi connectivity index (χ2v) is 4.22. The number of benzene rings is 1. The van der Waals surface area contributed by atoms with Crippen molar-refractivity contribution < 1.29 is 20.4 Å². The minimum absolute atomic E-state index is 0.145. The molecule has 0 aliphatic carbocycles. The number of carboxylic acid groups (broad SMARTS) is 1. The maximum absolute atomic E-state index is 12.1. The fourth-order valence-electron chi connectivity index (χ4n) is 1.92. The second-order valence-electron chi connectivity index (χ2n) is 4.22. The molecule has 0 aliphatic rings.